The number of hydrogen-bond donors (Lipinski definition) is 1. The Morgan fingerprint density at radius 1 is 1.41 bits per heavy atom. The third-order valence-corrected chi connectivity index (χ3v) is 5.04. The van der Waals surface area contributed by atoms with Crippen molar-refractivity contribution in [1.82, 2.24) is 15.1 Å². The van der Waals surface area contributed by atoms with Gasteiger partial charge < -0.3 is 15.0 Å². The molecule has 2 aliphatic rings. The molecule has 3 rings (SSSR count). The molecule has 0 unspecified atom stereocenters. The molecule has 0 saturated carbocycles. The molecule has 0 radical (unpaired) electrons. The van der Waals surface area contributed by atoms with Crippen molar-refractivity contribution in [3.8, 4) is 0 Å². The van der Waals surface area contributed by atoms with Crippen molar-refractivity contribution in [2.24, 2.45) is 0 Å². The Hall–Kier alpha value is -1.93. The van der Waals surface area contributed by atoms with Crippen LogP contribution in [0.15, 0.2) is 17.5 Å². The highest BCUT2D eigenvalue weighted by molar-refractivity contribution is 7.10. The van der Waals surface area contributed by atoms with Crippen LogP contribution in [0, 0.1) is 0 Å². The molecule has 22 heavy (non-hydrogen) atoms. The van der Waals surface area contributed by atoms with Crippen molar-refractivity contribution in [2.45, 2.75) is 12.5 Å². The van der Waals surface area contributed by atoms with E-state index >= 15 is 0 Å². The minimum Gasteiger partial charge on any atom is -0.378 e. The first-order chi connectivity index (χ1) is 10.5. The van der Waals surface area contributed by atoms with Crippen molar-refractivity contribution < 1.29 is 19.1 Å². The molecule has 1 atom stereocenters. The average Bonchev–Trinajstić information content (AvgIpc) is 3.13. The molecular weight excluding hydrogens is 306 g/mol. The first-order valence-corrected chi connectivity index (χ1v) is 7.94. The number of rotatable bonds is 3. The standard InChI is InChI=1S/C14H17N3O4S/c1-14(10-3-2-8-22-10)12(19)17(13(20)15-14)9-11(18)16-4-6-21-7-5-16/h2-3,8H,4-7,9H2,1H3,(H,15,20)/t14-/m0/s1. The summed E-state index contributed by atoms with van der Waals surface area (Å²) in [7, 11) is 0. The number of carbonyl (C=O) groups is 3. The van der Waals surface area contributed by atoms with Gasteiger partial charge in [-0.05, 0) is 18.4 Å². The monoisotopic (exact) mass is 323 g/mol. The molecule has 1 aromatic heterocycles. The lowest BCUT2D eigenvalue weighted by Gasteiger charge is -2.28. The van der Waals surface area contributed by atoms with Gasteiger partial charge in [0, 0.05) is 18.0 Å². The molecule has 1 N–H and O–H groups in total. The van der Waals surface area contributed by atoms with Gasteiger partial charge in [-0.25, -0.2) is 4.79 Å². The van der Waals surface area contributed by atoms with Crippen LogP contribution >= 0.6 is 11.3 Å². The third kappa shape index (κ3) is 2.48. The number of morpholine rings is 1. The lowest BCUT2D eigenvalue weighted by Crippen LogP contribution is -2.47. The minimum absolute atomic E-state index is 0.231. The maximum absolute atomic E-state index is 12.6. The Bertz CT molecular complexity index is 597. The number of nitrogens with one attached hydrogen (secondary N) is 1. The van der Waals surface area contributed by atoms with Crippen LogP contribution < -0.4 is 5.32 Å². The van der Waals surface area contributed by atoms with E-state index in [1.165, 1.54) is 11.3 Å². The summed E-state index contributed by atoms with van der Waals surface area (Å²) in [6.45, 7) is 3.39. The zero-order valence-electron chi connectivity index (χ0n) is 12.2. The third-order valence-electron chi connectivity index (χ3n) is 3.95. The van der Waals surface area contributed by atoms with Crippen molar-refractivity contribution in [3.05, 3.63) is 22.4 Å². The maximum atomic E-state index is 12.6. The van der Waals surface area contributed by atoms with Crippen LogP contribution in [0.1, 0.15) is 11.8 Å². The van der Waals surface area contributed by atoms with Gasteiger partial charge in [-0.15, -0.1) is 11.3 Å². The lowest BCUT2D eigenvalue weighted by molar-refractivity contribution is -0.141. The number of urea groups is 1. The molecule has 4 amide bonds. The highest BCUT2D eigenvalue weighted by atomic mass is 32.1. The maximum Gasteiger partial charge on any atom is 0.325 e. The van der Waals surface area contributed by atoms with E-state index in [-0.39, 0.29) is 18.4 Å². The van der Waals surface area contributed by atoms with Crippen LogP contribution in [0.3, 0.4) is 0 Å². The molecule has 118 valence electrons. The van der Waals surface area contributed by atoms with Crippen LogP contribution in [0.25, 0.3) is 0 Å². The molecule has 2 aliphatic heterocycles. The van der Waals surface area contributed by atoms with Crippen molar-refractivity contribution in [2.75, 3.05) is 32.8 Å². The second kappa shape index (κ2) is 5.69. The van der Waals surface area contributed by atoms with Crippen LogP contribution in [0.5, 0.6) is 0 Å². The van der Waals surface area contributed by atoms with Gasteiger partial charge >= 0.3 is 6.03 Å². The number of imide groups is 1. The van der Waals surface area contributed by atoms with Gasteiger partial charge in [0.2, 0.25) is 5.91 Å². The predicted molar refractivity (Wildman–Crippen MR) is 79.3 cm³/mol. The molecule has 0 aliphatic carbocycles. The molecule has 2 saturated heterocycles. The fourth-order valence-corrected chi connectivity index (χ4v) is 3.45. The van der Waals surface area contributed by atoms with E-state index in [1.54, 1.807) is 17.9 Å². The molecule has 8 heteroatoms. The Labute approximate surface area is 131 Å². The molecule has 3 heterocycles. The summed E-state index contributed by atoms with van der Waals surface area (Å²) in [6.07, 6.45) is 0. The number of ether oxygens (including phenoxy) is 1. The quantitative estimate of drug-likeness (QED) is 0.816. The smallest absolute Gasteiger partial charge is 0.325 e. The topological polar surface area (TPSA) is 79.0 Å². The van der Waals surface area contributed by atoms with E-state index in [2.05, 4.69) is 5.32 Å². The van der Waals surface area contributed by atoms with E-state index in [0.717, 1.165) is 9.78 Å². The van der Waals surface area contributed by atoms with Gasteiger partial charge in [-0.3, -0.25) is 14.5 Å². The molecule has 0 bridgehead atoms. The van der Waals surface area contributed by atoms with Crippen molar-refractivity contribution in [3.63, 3.8) is 0 Å². The second-order valence-electron chi connectivity index (χ2n) is 5.42. The average molecular weight is 323 g/mol. The molecule has 7 nitrogen and oxygen atoms in total. The number of amides is 4. The number of hydrogen-bond acceptors (Lipinski definition) is 5. The summed E-state index contributed by atoms with van der Waals surface area (Å²) < 4.78 is 5.19. The number of nitrogens with zero attached hydrogens (tertiary/aromatic N) is 2. The van der Waals surface area contributed by atoms with Gasteiger partial charge in [0.05, 0.1) is 13.2 Å². The predicted octanol–water partition coefficient (Wildman–Crippen LogP) is 0.374. The highest BCUT2D eigenvalue weighted by Gasteiger charge is 2.50. The van der Waals surface area contributed by atoms with Gasteiger partial charge in [-0.1, -0.05) is 6.07 Å². The summed E-state index contributed by atoms with van der Waals surface area (Å²) >= 11 is 1.40. The molecule has 0 spiro atoms. The summed E-state index contributed by atoms with van der Waals surface area (Å²) in [5.74, 6) is -0.621. The summed E-state index contributed by atoms with van der Waals surface area (Å²) in [6, 6.07) is 3.10. The zero-order chi connectivity index (χ0) is 15.7. The fourth-order valence-electron chi connectivity index (χ4n) is 2.62. The van der Waals surface area contributed by atoms with Gasteiger partial charge in [0.25, 0.3) is 5.91 Å². The summed E-state index contributed by atoms with van der Waals surface area (Å²) in [5, 5.41) is 4.54. The van der Waals surface area contributed by atoms with Gasteiger partial charge in [-0.2, -0.15) is 0 Å². The van der Waals surface area contributed by atoms with Gasteiger partial charge in [0.1, 0.15) is 6.54 Å². The van der Waals surface area contributed by atoms with Crippen LogP contribution in [0.2, 0.25) is 0 Å². The van der Waals surface area contributed by atoms with E-state index < -0.39 is 11.6 Å². The van der Waals surface area contributed by atoms with E-state index in [4.69, 9.17) is 4.74 Å². The van der Waals surface area contributed by atoms with E-state index in [9.17, 15) is 14.4 Å². The van der Waals surface area contributed by atoms with Crippen molar-refractivity contribution >= 4 is 29.2 Å². The van der Waals surface area contributed by atoms with Crippen LogP contribution in [-0.4, -0.2) is 60.5 Å². The van der Waals surface area contributed by atoms with Crippen LogP contribution in [-0.2, 0) is 19.9 Å². The fraction of sp³-hybridized carbons (Fsp3) is 0.500. The zero-order valence-corrected chi connectivity index (χ0v) is 13.0. The molecular formula is C14H17N3O4S. The Morgan fingerprint density at radius 3 is 2.77 bits per heavy atom. The largest absolute Gasteiger partial charge is 0.378 e. The van der Waals surface area contributed by atoms with Crippen molar-refractivity contribution in [1.29, 1.82) is 0 Å². The first kappa shape index (κ1) is 15.0. The summed E-state index contributed by atoms with van der Waals surface area (Å²) in [4.78, 5) is 40.3. The summed E-state index contributed by atoms with van der Waals surface area (Å²) in [5.41, 5.74) is -1.09. The molecule has 1 aromatic rings. The Morgan fingerprint density at radius 2 is 2.14 bits per heavy atom. The lowest BCUT2D eigenvalue weighted by atomic mass is 10.0. The normalized spacial score (nSPS) is 25.5. The number of thiophene rings is 1. The van der Waals surface area contributed by atoms with E-state index in [0.29, 0.717) is 26.3 Å². The number of carbonyl (C=O) groups excluding carboxylic acids is 3. The highest BCUT2D eigenvalue weighted by Crippen LogP contribution is 2.31. The van der Waals surface area contributed by atoms with Gasteiger partial charge in [0.15, 0.2) is 5.54 Å². The second-order valence-corrected chi connectivity index (χ2v) is 6.36. The SMILES string of the molecule is C[C@@]1(c2cccs2)NC(=O)N(CC(=O)N2CCOCC2)C1=O. The van der Waals surface area contributed by atoms with Crippen LogP contribution in [0.4, 0.5) is 4.79 Å². The Balaban J connectivity index is 1.73. The first-order valence-electron chi connectivity index (χ1n) is 7.06. The van der Waals surface area contributed by atoms with E-state index in [1.807, 2.05) is 11.4 Å². The molecule has 0 aromatic carbocycles. The Kier molecular flexibility index (Phi) is 3.88. The molecule has 2 fully saturated rings. The minimum atomic E-state index is -1.09.